The molecule has 0 radical (unpaired) electrons. The lowest BCUT2D eigenvalue weighted by atomic mass is 10.0. The molecule has 2 unspecified atom stereocenters. The summed E-state index contributed by atoms with van der Waals surface area (Å²) in [5.74, 6) is 0. The normalized spacial score (nSPS) is 27.5. The summed E-state index contributed by atoms with van der Waals surface area (Å²) < 4.78 is 37.7. The Labute approximate surface area is 101 Å². The first-order chi connectivity index (χ1) is 7.81. The highest BCUT2D eigenvalue weighted by Gasteiger charge is 2.37. The summed E-state index contributed by atoms with van der Waals surface area (Å²) in [6, 6.07) is -0.368. The van der Waals surface area contributed by atoms with Gasteiger partial charge in [0.15, 0.2) is 0 Å². The Morgan fingerprint density at radius 2 is 1.76 bits per heavy atom. The fraction of sp³-hybridized carbons (Fsp3) is 1.00. The standard InChI is InChI=1S/C12H23F3N2/c1-9(2)17(8-12(13,14)15)11-7-5-3-4-6-10(11)16/h9-11H,3-8,16H2,1-2H3. The number of nitrogens with two attached hydrogens (primary N) is 1. The molecular weight excluding hydrogens is 229 g/mol. The predicted octanol–water partition coefficient (Wildman–Crippen LogP) is 2.92. The summed E-state index contributed by atoms with van der Waals surface area (Å²) in [4.78, 5) is 1.52. The zero-order valence-electron chi connectivity index (χ0n) is 10.6. The van der Waals surface area contributed by atoms with Crippen molar-refractivity contribution >= 4 is 0 Å². The first-order valence-electron chi connectivity index (χ1n) is 6.39. The van der Waals surface area contributed by atoms with E-state index in [0.29, 0.717) is 0 Å². The summed E-state index contributed by atoms with van der Waals surface area (Å²) in [7, 11) is 0. The third kappa shape index (κ3) is 4.84. The molecule has 1 aliphatic carbocycles. The number of rotatable bonds is 3. The average Bonchev–Trinajstić information content (AvgIpc) is 2.38. The molecule has 0 heterocycles. The van der Waals surface area contributed by atoms with Crippen LogP contribution in [0.15, 0.2) is 0 Å². The van der Waals surface area contributed by atoms with Crippen molar-refractivity contribution in [3.8, 4) is 0 Å². The molecule has 0 saturated heterocycles. The minimum absolute atomic E-state index is 0.120. The SMILES string of the molecule is CC(C)N(CC(F)(F)F)C1CCCCCC1N. The first-order valence-corrected chi connectivity index (χ1v) is 6.39. The van der Waals surface area contributed by atoms with E-state index in [1.807, 2.05) is 13.8 Å². The summed E-state index contributed by atoms with van der Waals surface area (Å²) in [6.07, 6.45) is 0.592. The summed E-state index contributed by atoms with van der Waals surface area (Å²) in [5, 5.41) is 0. The van der Waals surface area contributed by atoms with Gasteiger partial charge in [0.1, 0.15) is 0 Å². The Hall–Kier alpha value is -0.290. The van der Waals surface area contributed by atoms with Gasteiger partial charge in [0.05, 0.1) is 6.54 Å². The van der Waals surface area contributed by atoms with E-state index in [9.17, 15) is 13.2 Å². The molecule has 1 saturated carbocycles. The van der Waals surface area contributed by atoms with Gasteiger partial charge in [-0.3, -0.25) is 4.90 Å². The fourth-order valence-corrected chi connectivity index (χ4v) is 2.62. The third-order valence-electron chi connectivity index (χ3n) is 3.48. The van der Waals surface area contributed by atoms with Crippen LogP contribution >= 0.6 is 0 Å². The van der Waals surface area contributed by atoms with Crippen LogP contribution in [0.2, 0.25) is 0 Å². The van der Waals surface area contributed by atoms with Crippen LogP contribution in [-0.4, -0.2) is 35.7 Å². The Morgan fingerprint density at radius 1 is 1.18 bits per heavy atom. The highest BCUT2D eigenvalue weighted by atomic mass is 19.4. The van der Waals surface area contributed by atoms with Gasteiger partial charge in [-0.15, -0.1) is 0 Å². The fourth-order valence-electron chi connectivity index (χ4n) is 2.62. The van der Waals surface area contributed by atoms with Crippen LogP contribution in [0.5, 0.6) is 0 Å². The maximum atomic E-state index is 12.6. The lowest BCUT2D eigenvalue weighted by molar-refractivity contribution is -0.156. The van der Waals surface area contributed by atoms with Gasteiger partial charge in [0.25, 0.3) is 0 Å². The highest BCUT2D eigenvalue weighted by Crippen LogP contribution is 2.26. The van der Waals surface area contributed by atoms with E-state index in [-0.39, 0.29) is 18.1 Å². The van der Waals surface area contributed by atoms with Crippen molar-refractivity contribution in [2.24, 2.45) is 5.73 Å². The average molecular weight is 252 g/mol. The quantitative estimate of drug-likeness (QED) is 0.782. The van der Waals surface area contributed by atoms with E-state index in [2.05, 4.69) is 0 Å². The van der Waals surface area contributed by atoms with Gasteiger partial charge in [-0.25, -0.2) is 0 Å². The molecule has 0 spiro atoms. The molecule has 1 aliphatic rings. The summed E-state index contributed by atoms with van der Waals surface area (Å²) >= 11 is 0. The number of halogens is 3. The van der Waals surface area contributed by atoms with E-state index in [1.165, 1.54) is 4.90 Å². The van der Waals surface area contributed by atoms with Crippen molar-refractivity contribution in [2.75, 3.05) is 6.54 Å². The topological polar surface area (TPSA) is 29.3 Å². The molecule has 0 aromatic rings. The minimum atomic E-state index is -4.14. The second-order valence-corrected chi connectivity index (χ2v) is 5.25. The Bertz CT molecular complexity index is 228. The molecule has 102 valence electrons. The van der Waals surface area contributed by atoms with Crippen LogP contribution < -0.4 is 5.73 Å². The smallest absolute Gasteiger partial charge is 0.326 e. The van der Waals surface area contributed by atoms with Crippen LogP contribution in [0, 0.1) is 0 Å². The van der Waals surface area contributed by atoms with Crippen molar-refractivity contribution in [1.29, 1.82) is 0 Å². The van der Waals surface area contributed by atoms with E-state index in [0.717, 1.165) is 32.1 Å². The number of hydrogen-bond donors (Lipinski definition) is 1. The number of hydrogen-bond acceptors (Lipinski definition) is 2. The molecule has 0 bridgehead atoms. The molecule has 1 rings (SSSR count). The minimum Gasteiger partial charge on any atom is -0.326 e. The van der Waals surface area contributed by atoms with Crippen LogP contribution in [0.4, 0.5) is 13.2 Å². The molecular formula is C12H23F3N2. The molecule has 17 heavy (non-hydrogen) atoms. The second-order valence-electron chi connectivity index (χ2n) is 5.25. The van der Waals surface area contributed by atoms with Crippen molar-refractivity contribution < 1.29 is 13.2 Å². The van der Waals surface area contributed by atoms with Crippen LogP contribution in [0.25, 0.3) is 0 Å². The monoisotopic (exact) mass is 252 g/mol. The van der Waals surface area contributed by atoms with Gasteiger partial charge in [0, 0.05) is 18.1 Å². The summed E-state index contributed by atoms with van der Waals surface area (Å²) in [5.41, 5.74) is 6.03. The summed E-state index contributed by atoms with van der Waals surface area (Å²) in [6.45, 7) is 2.77. The zero-order chi connectivity index (χ0) is 13.1. The zero-order valence-corrected chi connectivity index (χ0v) is 10.6. The van der Waals surface area contributed by atoms with E-state index in [1.54, 1.807) is 0 Å². The largest absolute Gasteiger partial charge is 0.401 e. The number of nitrogens with zero attached hydrogens (tertiary/aromatic N) is 1. The van der Waals surface area contributed by atoms with E-state index in [4.69, 9.17) is 5.73 Å². The Balaban J connectivity index is 2.73. The van der Waals surface area contributed by atoms with Gasteiger partial charge in [-0.1, -0.05) is 19.3 Å². The van der Waals surface area contributed by atoms with Gasteiger partial charge in [-0.2, -0.15) is 13.2 Å². The molecule has 5 heteroatoms. The molecule has 0 aromatic carbocycles. The van der Waals surface area contributed by atoms with Gasteiger partial charge < -0.3 is 5.73 Å². The van der Waals surface area contributed by atoms with Crippen LogP contribution in [0.3, 0.4) is 0 Å². The molecule has 1 fully saturated rings. The lowest BCUT2D eigenvalue weighted by Gasteiger charge is -2.38. The first kappa shape index (κ1) is 14.8. The second kappa shape index (κ2) is 6.05. The molecule has 2 N–H and O–H groups in total. The molecule has 0 amide bonds. The highest BCUT2D eigenvalue weighted by molar-refractivity contribution is 4.87. The van der Waals surface area contributed by atoms with Gasteiger partial charge in [-0.05, 0) is 26.7 Å². The molecule has 0 aliphatic heterocycles. The van der Waals surface area contributed by atoms with Crippen molar-refractivity contribution in [3.63, 3.8) is 0 Å². The van der Waals surface area contributed by atoms with Crippen LogP contribution in [0.1, 0.15) is 46.0 Å². The molecule has 0 aromatic heterocycles. The van der Waals surface area contributed by atoms with Gasteiger partial charge >= 0.3 is 6.18 Å². The third-order valence-corrected chi connectivity index (χ3v) is 3.48. The van der Waals surface area contributed by atoms with Gasteiger partial charge in [0.2, 0.25) is 0 Å². The number of alkyl halides is 3. The van der Waals surface area contributed by atoms with E-state index >= 15 is 0 Å². The maximum absolute atomic E-state index is 12.6. The Morgan fingerprint density at radius 3 is 2.29 bits per heavy atom. The van der Waals surface area contributed by atoms with E-state index < -0.39 is 12.7 Å². The maximum Gasteiger partial charge on any atom is 0.401 e. The van der Waals surface area contributed by atoms with Crippen molar-refractivity contribution in [1.82, 2.24) is 4.90 Å². The predicted molar refractivity (Wildman–Crippen MR) is 62.7 cm³/mol. The molecule has 2 atom stereocenters. The molecule has 2 nitrogen and oxygen atoms in total. The Kier molecular flexibility index (Phi) is 5.25. The van der Waals surface area contributed by atoms with Crippen molar-refractivity contribution in [2.45, 2.75) is 70.3 Å². The van der Waals surface area contributed by atoms with Crippen LogP contribution in [-0.2, 0) is 0 Å². The van der Waals surface area contributed by atoms with Crippen molar-refractivity contribution in [3.05, 3.63) is 0 Å². The lowest BCUT2D eigenvalue weighted by Crippen LogP contribution is -2.53.